The Bertz CT molecular complexity index is 507. The van der Waals surface area contributed by atoms with Gasteiger partial charge in [0.05, 0.1) is 13.2 Å². The number of hydrogen-bond acceptors (Lipinski definition) is 3. The largest absolute Gasteiger partial charge is 0.496 e. The number of benzene rings is 1. The number of rotatable bonds is 5. The number of nitriles is 1. The van der Waals surface area contributed by atoms with Gasteiger partial charge in [-0.15, -0.1) is 0 Å². The molecule has 19 heavy (non-hydrogen) atoms. The van der Waals surface area contributed by atoms with Crippen molar-refractivity contribution >= 4 is 21.8 Å². The van der Waals surface area contributed by atoms with E-state index in [1.807, 2.05) is 24.3 Å². The molecule has 0 aliphatic carbocycles. The van der Waals surface area contributed by atoms with Crippen LogP contribution in [0.2, 0.25) is 0 Å². The monoisotopic (exact) mass is 324 g/mol. The lowest BCUT2D eigenvalue weighted by molar-refractivity contribution is -0.126. The van der Waals surface area contributed by atoms with Crippen molar-refractivity contribution in [1.29, 1.82) is 5.26 Å². The molecule has 1 aromatic rings. The van der Waals surface area contributed by atoms with E-state index >= 15 is 0 Å². The van der Waals surface area contributed by atoms with Gasteiger partial charge in [-0.05, 0) is 44.0 Å². The number of hydrogen-bond donors (Lipinski definition) is 1. The number of ether oxygens (including phenoxy) is 1. The minimum Gasteiger partial charge on any atom is -0.496 e. The van der Waals surface area contributed by atoms with E-state index in [2.05, 4.69) is 21.2 Å². The van der Waals surface area contributed by atoms with Gasteiger partial charge in [0.1, 0.15) is 11.2 Å². The van der Waals surface area contributed by atoms with Crippen LogP contribution >= 0.6 is 15.9 Å². The zero-order valence-corrected chi connectivity index (χ0v) is 12.9. The van der Waals surface area contributed by atoms with E-state index in [0.29, 0.717) is 13.0 Å². The molecule has 0 saturated heterocycles. The predicted molar refractivity (Wildman–Crippen MR) is 76.8 cm³/mol. The first-order valence-electron chi connectivity index (χ1n) is 5.92. The lowest BCUT2D eigenvalue weighted by Gasteiger charge is -2.15. The van der Waals surface area contributed by atoms with Crippen LogP contribution in [0.4, 0.5) is 0 Å². The molecule has 0 atom stereocenters. The molecule has 0 aliphatic heterocycles. The first-order valence-corrected chi connectivity index (χ1v) is 6.72. The molecule has 1 N–H and O–H groups in total. The van der Waals surface area contributed by atoms with Crippen LogP contribution in [-0.4, -0.2) is 19.6 Å². The highest BCUT2D eigenvalue weighted by Crippen LogP contribution is 2.23. The Morgan fingerprint density at radius 1 is 1.53 bits per heavy atom. The van der Waals surface area contributed by atoms with E-state index < -0.39 is 5.41 Å². The van der Waals surface area contributed by atoms with Crippen molar-refractivity contribution in [2.75, 3.05) is 13.7 Å². The molecule has 0 radical (unpaired) electrons. The minimum atomic E-state index is -0.999. The van der Waals surface area contributed by atoms with Crippen LogP contribution in [0.1, 0.15) is 19.4 Å². The summed E-state index contributed by atoms with van der Waals surface area (Å²) in [6, 6.07) is 7.71. The molecule has 5 heteroatoms. The first kappa shape index (κ1) is 15.5. The van der Waals surface area contributed by atoms with Crippen LogP contribution in [0.5, 0.6) is 5.75 Å². The van der Waals surface area contributed by atoms with E-state index in [9.17, 15) is 4.79 Å². The number of amides is 1. The SMILES string of the molecule is COc1ccc(Br)cc1CCNC(=O)C(C)(C)C#N. The number of carbonyl (C=O) groups excluding carboxylic acids is 1. The quantitative estimate of drug-likeness (QED) is 0.905. The first-order chi connectivity index (χ1) is 8.90. The van der Waals surface area contributed by atoms with E-state index in [4.69, 9.17) is 10.00 Å². The number of nitrogens with one attached hydrogen (secondary N) is 1. The second-order valence-corrected chi connectivity index (χ2v) is 5.61. The van der Waals surface area contributed by atoms with Gasteiger partial charge >= 0.3 is 0 Å². The normalized spacial score (nSPS) is 10.7. The lowest BCUT2D eigenvalue weighted by Crippen LogP contribution is -2.37. The van der Waals surface area contributed by atoms with Gasteiger partial charge in [0.2, 0.25) is 5.91 Å². The molecular formula is C14H17BrN2O2. The Morgan fingerprint density at radius 2 is 2.21 bits per heavy atom. The Balaban J connectivity index is 2.62. The summed E-state index contributed by atoms with van der Waals surface area (Å²) >= 11 is 3.40. The maximum atomic E-state index is 11.7. The standard InChI is InChI=1S/C14H17BrN2O2/c1-14(2,9-16)13(18)17-7-6-10-8-11(15)4-5-12(10)19-3/h4-5,8H,6-7H2,1-3H3,(H,17,18). The summed E-state index contributed by atoms with van der Waals surface area (Å²) in [6.07, 6.45) is 0.649. The van der Waals surface area contributed by atoms with Crippen molar-refractivity contribution in [3.63, 3.8) is 0 Å². The van der Waals surface area contributed by atoms with Crippen molar-refractivity contribution in [3.8, 4) is 11.8 Å². The van der Waals surface area contributed by atoms with Gasteiger partial charge in [-0.25, -0.2) is 0 Å². The average molecular weight is 325 g/mol. The number of carbonyl (C=O) groups is 1. The third-order valence-electron chi connectivity index (χ3n) is 2.77. The van der Waals surface area contributed by atoms with Crippen LogP contribution in [0, 0.1) is 16.7 Å². The molecule has 0 aliphatic rings. The van der Waals surface area contributed by atoms with Crippen molar-refractivity contribution < 1.29 is 9.53 Å². The third-order valence-corrected chi connectivity index (χ3v) is 3.26. The van der Waals surface area contributed by atoms with E-state index in [-0.39, 0.29) is 5.91 Å². The molecule has 0 unspecified atom stereocenters. The fourth-order valence-electron chi connectivity index (χ4n) is 1.52. The van der Waals surface area contributed by atoms with E-state index in [1.54, 1.807) is 21.0 Å². The van der Waals surface area contributed by atoms with Gasteiger partial charge in [-0.3, -0.25) is 4.79 Å². The molecule has 0 bridgehead atoms. The molecule has 0 saturated carbocycles. The zero-order valence-electron chi connectivity index (χ0n) is 11.3. The van der Waals surface area contributed by atoms with E-state index in [1.165, 1.54) is 0 Å². The van der Waals surface area contributed by atoms with Gasteiger partial charge in [0.25, 0.3) is 0 Å². The minimum absolute atomic E-state index is 0.260. The van der Waals surface area contributed by atoms with Crippen molar-refractivity contribution in [2.45, 2.75) is 20.3 Å². The average Bonchev–Trinajstić information content (AvgIpc) is 2.38. The highest BCUT2D eigenvalue weighted by molar-refractivity contribution is 9.10. The maximum Gasteiger partial charge on any atom is 0.239 e. The molecule has 4 nitrogen and oxygen atoms in total. The second-order valence-electron chi connectivity index (χ2n) is 4.70. The summed E-state index contributed by atoms with van der Waals surface area (Å²) in [6.45, 7) is 3.67. The smallest absolute Gasteiger partial charge is 0.239 e. The van der Waals surface area contributed by atoms with E-state index in [0.717, 1.165) is 15.8 Å². The molecule has 1 aromatic carbocycles. The number of halogens is 1. The molecular weight excluding hydrogens is 308 g/mol. The van der Waals surface area contributed by atoms with Crippen LogP contribution < -0.4 is 10.1 Å². The van der Waals surface area contributed by atoms with Gasteiger partial charge in [0, 0.05) is 11.0 Å². The summed E-state index contributed by atoms with van der Waals surface area (Å²) in [7, 11) is 1.62. The molecule has 0 fully saturated rings. The van der Waals surface area contributed by atoms with Crippen molar-refractivity contribution in [1.82, 2.24) is 5.32 Å². The zero-order chi connectivity index (χ0) is 14.5. The summed E-state index contributed by atoms with van der Waals surface area (Å²) in [4.78, 5) is 11.7. The highest BCUT2D eigenvalue weighted by atomic mass is 79.9. The van der Waals surface area contributed by atoms with Gasteiger partial charge in [0.15, 0.2) is 0 Å². The fraction of sp³-hybridized carbons (Fsp3) is 0.429. The Labute approximate surface area is 121 Å². The second kappa shape index (κ2) is 6.58. The summed E-state index contributed by atoms with van der Waals surface area (Å²) in [5.41, 5.74) is 0.00777. The molecule has 0 aromatic heterocycles. The van der Waals surface area contributed by atoms with Crippen molar-refractivity contribution in [3.05, 3.63) is 28.2 Å². The van der Waals surface area contributed by atoms with Gasteiger partial charge in [-0.1, -0.05) is 15.9 Å². The van der Waals surface area contributed by atoms with Crippen LogP contribution in [-0.2, 0) is 11.2 Å². The van der Waals surface area contributed by atoms with Crippen LogP contribution in [0.15, 0.2) is 22.7 Å². The Morgan fingerprint density at radius 3 is 2.79 bits per heavy atom. The van der Waals surface area contributed by atoms with Crippen molar-refractivity contribution in [2.24, 2.45) is 5.41 Å². The number of nitrogens with zero attached hydrogens (tertiary/aromatic N) is 1. The maximum absolute atomic E-state index is 11.7. The Hall–Kier alpha value is -1.54. The fourth-order valence-corrected chi connectivity index (χ4v) is 1.93. The predicted octanol–water partition coefficient (Wildman–Crippen LogP) is 2.67. The molecule has 102 valence electrons. The highest BCUT2D eigenvalue weighted by Gasteiger charge is 2.26. The molecule has 1 amide bonds. The van der Waals surface area contributed by atoms with Crippen LogP contribution in [0.3, 0.4) is 0 Å². The third kappa shape index (κ3) is 4.25. The Kier molecular flexibility index (Phi) is 5.37. The summed E-state index contributed by atoms with van der Waals surface area (Å²) < 4.78 is 6.23. The molecule has 0 heterocycles. The number of methoxy groups -OCH3 is 1. The lowest BCUT2D eigenvalue weighted by atomic mass is 9.95. The van der Waals surface area contributed by atoms with Gasteiger partial charge < -0.3 is 10.1 Å². The summed E-state index contributed by atoms with van der Waals surface area (Å²) in [5, 5.41) is 11.6. The van der Waals surface area contributed by atoms with Gasteiger partial charge in [-0.2, -0.15) is 5.26 Å². The van der Waals surface area contributed by atoms with Crippen LogP contribution in [0.25, 0.3) is 0 Å². The topological polar surface area (TPSA) is 62.1 Å². The summed E-state index contributed by atoms with van der Waals surface area (Å²) in [5.74, 6) is 0.529. The molecule has 0 spiro atoms. The molecule has 1 rings (SSSR count).